The third-order valence-electron chi connectivity index (χ3n) is 3.09. The second-order valence-electron chi connectivity index (χ2n) is 4.16. The highest BCUT2D eigenvalue weighted by Gasteiger charge is 2.26. The van der Waals surface area contributed by atoms with Gasteiger partial charge in [-0.1, -0.05) is 0 Å². The molecule has 1 atom stereocenters. The highest BCUT2D eigenvalue weighted by atomic mass is 16.2. The van der Waals surface area contributed by atoms with Gasteiger partial charge in [-0.05, 0) is 20.3 Å². The van der Waals surface area contributed by atoms with E-state index < -0.39 is 0 Å². The zero-order chi connectivity index (χ0) is 12.0. The van der Waals surface area contributed by atoms with Gasteiger partial charge in [0.25, 0.3) is 0 Å². The number of hydrogen-bond donors (Lipinski definition) is 3. The summed E-state index contributed by atoms with van der Waals surface area (Å²) in [6, 6.07) is -0.306. The lowest BCUT2D eigenvalue weighted by Gasteiger charge is -2.16. The molecule has 2 amide bonds. The summed E-state index contributed by atoms with van der Waals surface area (Å²) in [4.78, 5) is 24.0. The fraction of sp³-hybridized carbons (Fsp3) is 0.818. The van der Waals surface area contributed by atoms with Crippen molar-refractivity contribution in [1.82, 2.24) is 10.6 Å². The molecular formula is C11H22N3O2+. The Labute approximate surface area is 96.6 Å². The Kier molecular flexibility index (Phi) is 5.25. The van der Waals surface area contributed by atoms with Crippen molar-refractivity contribution in [3.63, 3.8) is 0 Å². The number of rotatable bonds is 6. The largest absolute Gasteiger partial charge is 0.349 e. The molecule has 1 aliphatic heterocycles. The molecule has 1 heterocycles. The van der Waals surface area contributed by atoms with Crippen LogP contribution in [0.5, 0.6) is 0 Å². The number of likely N-dealkylation sites (N-methyl/N-ethyl adjacent to an activating group) is 1. The molecule has 92 valence electrons. The van der Waals surface area contributed by atoms with E-state index in [-0.39, 0.29) is 17.9 Å². The van der Waals surface area contributed by atoms with E-state index in [9.17, 15) is 9.59 Å². The Morgan fingerprint density at radius 3 is 2.69 bits per heavy atom. The number of quaternary nitrogens is 1. The Hall–Kier alpha value is -1.10. The van der Waals surface area contributed by atoms with Gasteiger partial charge in [0, 0.05) is 6.42 Å². The van der Waals surface area contributed by atoms with Crippen molar-refractivity contribution < 1.29 is 14.5 Å². The molecule has 5 heteroatoms. The summed E-state index contributed by atoms with van der Waals surface area (Å²) in [5, 5.41) is 5.53. The van der Waals surface area contributed by atoms with Crippen molar-refractivity contribution in [2.24, 2.45) is 0 Å². The number of nitrogens with one attached hydrogen (secondary N) is 3. The molecular weight excluding hydrogens is 206 g/mol. The molecule has 0 aromatic heterocycles. The lowest BCUT2D eigenvalue weighted by molar-refractivity contribution is -0.895. The van der Waals surface area contributed by atoms with Crippen molar-refractivity contribution in [2.75, 3.05) is 26.2 Å². The Balaban J connectivity index is 2.17. The van der Waals surface area contributed by atoms with Gasteiger partial charge in [0.1, 0.15) is 6.04 Å². The lowest BCUT2D eigenvalue weighted by Crippen LogP contribution is -3.12. The second kappa shape index (κ2) is 6.48. The third-order valence-corrected chi connectivity index (χ3v) is 3.09. The summed E-state index contributed by atoms with van der Waals surface area (Å²) < 4.78 is 0. The SMILES string of the molecule is CC[NH+](CC)CCNC(=O)[C@H]1CCC(=O)N1. The first-order valence-electron chi connectivity index (χ1n) is 6.08. The van der Waals surface area contributed by atoms with Gasteiger partial charge in [-0.15, -0.1) is 0 Å². The minimum absolute atomic E-state index is 0.0190. The summed E-state index contributed by atoms with van der Waals surface area (Å²) in [5.41, 5.74) is 0. The standard InChI is InChI=1S/C11H21N3O2/c1-3-14(4-2)8-7-12-11(16)9-5-6-10(15)13-9/h9H,3-8H2,1-2H3,(H,12,16)(H,13,15)/p+1/t9-/m1/s1. The smallest absolute Gasteiger partial charge is 0.242 e. The molecule has 0 unspecified atom stereocenters. The van der Waals surface area contributed by atoms with E-state index in [2.05, 4.69) is 24.5 Å². The van der Waals surface area contributed by atoms with Crippen molar-refractivity contribution in [2.45, 2.75) is 32.7 Å². The highest BCUT2D eigenvalue weighted by Crippen LogP contribution is 2.05. The molecule has 5 nitrogen and oxygen atoms in total. The van der Waals surface area contributed by atoms with Crippen LogP contribution in [0.25, 0.3) is 0 Å². The van der Waals surface area contributed by atoms with Gasteiger partial charge in [-0.25, -0.2) is 0 Å². The molecule has 3 N–H and O–H groups in total. The number of carbonyl (C=O) groups excluding carboxylic acids is 2. The lowest BCUT2D eigenvalue weighted by atomic mass is 10.2. The van der Waals surface area contributed by atoms with Gasteiger partial charge in [-0.3, -0.25) is 9.59 Å². The Bertz CT molecular complexity index is 252. The molecule has 1 aliphatic rings. The average Bonchev–Trinajstić information content (AvgIpc) is 2.71. The average molecular weight is 228 g/mol. The van der Waals surface area contributed by atoms with Gasteiger partial charge in [0.05, 0.1) is 26.2 Å². The molecule has 0 bridgehead atoms. The monoisotopic (exact) mass is 228 g/mol. The van der Waals surface area contributed by atoms with Crippen molar-refractivity contribution in [3.8, 4) is 0 Å². The van der Waals surface area contributed by atoms with Crippen LogP contribution in [0.2, 0.25) is 0 Å². The number of carbonyl (C=O) groups is 2. The van der Waals surface area contributed by atoms with E-state index in [1.54, 1.807) is 0 Å². The van der Waals surface area contributed by atoms with Gasteiger partial charge in [0.15, 0.2) is 0 Å². The summed E-state index contributed by atoms with van der Waals surface area (Å²) in [6.07, 6.45) is 1.10. The minimum atomic E-state index is -0.306. The normalized spacial score (nSPS) is 19.9. The molecule has 0 radical (unpaired) electrons. The molecule has 0 spiro atoms. The first-order valence-corrected chi connectivity index (χ1v) is 6.08. The predicted octanol–water partition coefficient (Wildman–Crippen LogP) is -1.69. The summed E-state index contributed by atoms with van der Waals surface area (Å²) in [5.74, 6) is -0.0630. The van der Waals surface area contributed by atoms with Crippen LogP contribution >= 0.6 is 0 Å². The van der Waals surface area contributed by atoms with Gasteiger partial charge < -0.3 is 15.5 Å². The van der Waals surface area contributed by atoms with E-state index in [4.69, 9.17) is 0 Å². The van der Waals surface area contributed by atoms with Crippen molar-refractivity contribution in [1.29, 1.82) is 0 Å². The van der Waals surface area contributed by atoms with Crippen LogP contribution < -0.4 is 15.5 Å². The van der Waals surface area contributed by atoms with Gasteiger partial charge in [0.2, 0.25) is 11.8 Å². The van der Waals surface area contributed by atoms with Crippen molar-refractivity contribution in [3.05, 3.63) is 0 Å². The van der Waals surface area contributed by atoms with Crippen LogP contribution in [-0.4, -0.2) is 44.0 Å². The van der Waals surface area contributed by atoms with E-state index in [0.717, 1.165) is 19.6 Å². The van der Waals surface area contributed by atoms with E-state index in [1.165, 1.54) is 4.90 Å². The zero-order valence-electron chi connectivity index (χ0n) is 10.1. The predicted molar refractivity (Wildman–Crippen MR) is 61.1 cm³/mol. The van der Waals surface area contributed by atoms with Crippen molar-refractivity contribution >= 4 is 11.8 Å². The first-order chi connectivity index (χ1) is 7.67. The maximum Gasteiger partial charge on any atom is 0.242 e. The first kappa shape index (κ1) is 13.0. The third kappa shape index (κ3) is 3.81. The minimum Gasteiger partial charge on any atom is -0.349 e. The van der Waals surface area contributed by atoms with Gasteiger partial charge >= 0.3 is 0 Å². The maximum atomic E-state index is 11.6. The van der Waals surface area contributed by atoms with Crippen LogP contribution in [0.4, 0.5) is 0 Å². The van der Waals surface area contributed by atoms with Gasteiger partial charge in [-0.2, -0.15) is 0 Å². The summed E-state index contributed by atoms with van der Waals surface area (Å²) >= 11 is 0. The highest BCUT2D eigenvalue weighted by molar-refractivity contribution is 5.90. The summed E-state index contributed by atoms with van der Waals surface area (Å²) in [7, 11) is 0. The molecule has 1 saturated heterocycles. The number of hydrogen-bond acceptors (Lipinski definition) is 2. The van der Waals surface area contributed by atoms with E-state index in [1.807, 2.05) is 0 Å². The van der Waals surface area contributed by atoms with Crippen LogP contribution in [0, 0.1) is 0 Å². The fourth-order valence-corrected chi connectivity index (χ4v) is 1.90. The summed E-state index contributed by atoms with van der Waals surface area (Å²) in [6.45, 7) is 8.05. The molecule has 1 rings (SSSR count). The number of amides is 2. The quantitative estimate of drug-likeness (QED) is 0.508. The second-order valence-corrected chi connectivity index (χ2v) is 4.16. The zero-order valence-corrected chi connectivity index (χ0v) is 10.1. The molecule has 0 aromatic rings. The molecule has 0 aromatic carbocycles. The maximum absolute atomic E-state index is 11.6. The molecule has 16 heavy (non-hydrogen) atoms. The Morgan fingerprint density at radius 2 is 2.19 bits per heavy atom. The van der Waals surface area contributed by atoms with Crippen LogP contribution in [-0.2, 0) is 9.59 Å². The molecule has 0 saturated carbocycles. The van der Waals surface area contributed by atoms with Crippen LogP contribution in [0.1, 0.15) is 26.7 Å². The topological polar surface area (TPSA) is 62.6 Å². The molecule has 1 fully saturated rings. The fourth-order valence-electron chi connectivity index (χ4n) is 1.90. The van der Waals surface area contributed by atoms with E-state index >= 15 is 0 Å². The van der Waals surface area contributed by atoms with Crippen LogP contribution in [0.15, 0.2) is 0 Å². The van der Waals surface area contributed by atoms with E-state index in [0.29, 0.717) is 19.4 Å². The Morgan fingerprint density at radius 1 is 1.50 bits per heavy atom. The molecule has 0 aliphatic carbocycles. The van der Waals surface area contributed by atoms with Crippen LogP contribution in [0.3, 0.4) is 0 Å².